The molecular weight excluding hydrogens is 336 g/mol. The highest BCUT2D eigenvalue weighted by Crippen LogP contribution is 2.26. The summed E-state index contributed by atoms with van der Waals surface area (Å²) in [6, 6.07) is 12.6. The lowest BCUT2D eigenvalue weighted by Gasteiger charge is -2.09. The Kier molecular flexibility index (Phi) is 5.16. The molecule has 1 N–H and O–H groups in total. The number of hydrogen-bond donors (Lipinski definition) is 1. The maximum atomic E-state index is 10.9. The Hall–Kier alpha value is -2.08. The summed E-state index contributed by atoms with van der Waals surface area (Å²) < 4.78 is 6.35. The first-order chi connectivity index (χ1) is 10.1. The second-order valence-electron chi connectivity index (χ2n) is 4.39. The third-order valence-electron chi connectivity index (χ3n) is 2.80. The Morgan fingerprint density at radius 3 is 2.76 bits per heavy atom. The summed E-state index contributed by atoms with van der Waals surface area (Å²) in [6.45, 7) is 2.88. The summed E-state index contributed by atoms with van der Waals surface area (Å²) in [7, 11) is 0. The van der Waals surface area contributed by atoms with Gasteiger partial charge in [-0.05, 0) is 24.6 Å². The summed E-state index contributed by atoms with van der Waals surface area (Å²) >= 11 is 3.41. The second-order valence-corrected chi connectivity index (χ2v) is 5.30. The first-order valence-electron chi connectivity index (χ1n) is 6.49. The lowest BCUT2D eigenvalue weighted by atomic mass is 10.2. The van der Waals surface area contributed by atoms with Crippen molar-refractivity contribution < 1.29 is 9.66 Å². The van der Waals surface area contributed by atoms with Gasteiger partial charge in [0.15, 0.2) is 0 Å². The Bertz CT molecular complexity index is 647. The maximum Gasteiger partial charge on any atom is 0.275 e. The van der Waals surface area contributed by atoms with Crippen molar-refractivity contribution in [2.24, 2.45) is 0 Å². The molecule has 2 aromatic rings. The molecule has 0 aromatic heterocycles. The third-order valence-corrected chi connectivity index (χ3v) is 3.29. The quantitative estimate of drug-likeness (QED) is 0.620. The summed E-state index contributed by atoms with van der Waals surface area (Å²) in [4.78, 5) is 10.5. The lowest BCUT2D eigenvalue weighted by Crippen LogP contribution is -2.01. The van der Waals surface area contributed by atoms with Crippen molar-refractivity contribution in [1.82, 2.24) is 0 Å². The molecule has 110 valence electrons. The zero-order chi connectivity index (χ0) is 15.2. The Morgan fingerprint density at radius 1 is 1.29 bits per heavy atom. The highest BCUT2D eigenvalue weighted by molar-refractivity contribution is 9.10. The van der Waals surface area contributed by atoms with E-state index in [0.29, 0.717) is 24.6 Å². The molecule has 0 fully saturated rings. The van der Waals surface area contributed by atoms with E-state index in [9.17, 15) is 10.1 Å². The van der Waals surface area contributed by atoms with Gasteiger partial charge in [-0.25, -0.2) is 0 Å². The highest BCUT2D eigenvalue weighted by Gasteiger charge is 2.10. The molecule has 2 aromatic carbocycles. The molecule has 0 heterocycles. The number of anilines is 1. The van der Waals surface area contributed by atoms with E-state index in [2.05, 4.69) is 21.2 Å². The van der Waals surface area contributed by atoms with E-state index in [4.69, 9.17) is 4.74 Å². The number of nitro groups is 1. The Morgan fingerprint density at radius 2 is 2.10 bits per heavy atom. The third kappa shape index (κ3) is 4.46. The number of nitrogens with zero attached hydrogens (tertiary/aromatic N) is 1. The van der Waals surface area contributed by atoms with Gasteiger partial charge in [0.05, 0.1) is 17.6 Å². The highest BCUT2D eigenvalue weighted by atomic mass is 79.9. The fraction of sp³-hybridized carbons (Fsp3) is 0.200. The molecule has 5 nitrogen and oxygen atoms in total. The van der Waals surface area contributed by atoms with E-state index in [1.54, 1.807) is 6.07 Å². The number of rotatable bonds is 6. The number of hydrogen-bond acceptors (Lipinski definition) is 4. The molecule has 0 aliphatic rings. The van der Waals surface area contributed by atoms with E-state index in [-0.39, 0.29) is 5.69 Å². The molecule has 0 spiro atoms. The van der Waals surface area contributed by atoms with Crippen LogP contribution in [-0.2, 0) is 6.54 Å². The van der Waals surface area contributed by atoms with Gasteiger partial charge in [-0.1, -0.05) is 28.1 Å². The van der Waals surface area contributed by atoms with E-state index in [1.165, 1.54) is 12.1 Å². The van der Waals surface area contributed by atoms with Gasteiger partial charge in [-0.15, -0.1) is 0 Å². The largest absolute Gasteiger partial charge is 0.494 e. The molecule has 2 rings (SSSR count). The number of ether oxygens (including phenoxy) is 1. The molecule has 0 aliphatic carbocycles. The fourth-order valence-electron chi connectivity index (χ4n) is 1.89. The zero-order valence-electron chi connectivity index (χ0n) is 11.5. The van der Waals surface area contributed by atoms with Crippen LogP contribution in [0.2, 0.25) is 0 Å². The average Bonchev–Trinajstić information content (AvgIpc) is 2.45. The lowest BCUT2D eigenvalue weighted by molar-refractivity contribution is -0.384. The van der Waals surface area contributed by atoms with Crippen molar-refractivity contribution in [1.29, 1.82) is 0 Å². The Labute approximate surface area is 131 Å². The standard InChI is InChI=1S/C15H15BrN2O3/c1-2-21-15-8-13(7-14(9-15)18(19)20)17-10-11-4-3-5-12(16)6-11/h3-9,17H,2,10H2,1H3. The normalized spacial score (nSPS) is 10.2. The van der Waals surface area contributed by atoms with Crippen molar-refractivity contribution in [3.05, 3.63) is 62.6 Å². The molecule has 0 saturated carbocycles. The van der Waals surface area contributed by atoms with E-state index < -0.39 is 4.92 Å². The number of non-ortho nitro benzene ring substituents is 1. The predicted octanol–water partition coefficient (Wildman–Crippen LogP) is 4.37. The predicted molar refractivity (Wildman–Crippen MR) is 85.7 cm³/mol. The van der Waals surface area contributed by atoms with Crippen LogP contribution < -0.4 is 10.1 Å². The molecule has 0 radical (unpaired) electrons. The minimum atomic E-state index is -0.424. The van der Waals surface area contributed by atoms with Gasteiger partial charge in [0.2, 0.25) is 0 Å². The molecule has 0 atom stereocenters. The van der Waals surface area contributed by atoms with E-state index in [0.717, 1.165) is 10.0 Å². The molecule has 0 bridgehead atoms. The van der Waals surface area contributed by atoms with Gasteiger partial charge in [-0.2, -0.15) is 0 Å². The first kappa shape index (κ1) is 15.3. The number of halogens is 1. The topological polar surface area (TPSA) is 64.4 Å². The molecule has 0 aliphatic heterocycles. The Balaban J connectivity index is 2.16. The molecule has 0 amide bonds. The van der Waals surface area contributed by atoms with Gasteiger partial charge in [0, 0.05) is 28.8 Å². The van der Waals surface area contributed by atoms with Crippen LogP contribution >= 0.6 is 15.9 Å². The van der Waals surface area contributed by atoms with Crippen LogP contribution in [0.1, 0.15) is 12.5 Å². The first-order valence-corrected chi connectivity index (χ1v) is 7.28. The smallest absolute Gasteiger partial charge is 0.275 e. The fourth-order valence-corrected chi connectivity index (χ4v) is 2.34. The van der Waals surface area contributed by atoms with Crippen molar-refractivity contribution in [3.8, 4) is 5.75 Å². The molecule has 0 unspecified atom stereocenters. The van der Waals surface area contributed by atoms with Crippen LogP contribution in [0.15, 0.2) is 46.9 Å². The van der Waals surface area contributed by atoms with Crippen LogP contribution in [0.3, 0.4) is 0 Å². The monoisotopic (exact) mass is 350 g/mol. The molecular formula is C15H15BrN2O3. The van der Waals surface area contributed by atoms with E-state index >= 15 is 0 Å². The average molecular weight is 351 g/mol. The van der Waals surface area contributed by atoms with Crippen LogP contribution in [-0.4, -0.2) is 11.5 Å². The van der Waals surface area contributed by atoms with Crippen LogP contribution in [0.5, 0.6) is 5.75 Å². The van der Waals surface area contributed by atoms with Crippen molar-refractivity contribution in [3.63, 3.8) is 0 Å². The van der Waals surface area contributed by atoms with Gasteiger partial charge >= 0.3 is 0 Å². The van der Waals surface area contributed by atoms with Crippen LogP contribution in [0, 0.1) is 10.1 Å². The van der Waals surface area contributed by atoms with E-state index in [1.807, 2.05) is 31.2 Å². The maximum absolute atomic E-state index is 10.9. The summed E-state index contributed by atoms with van der Waals surface area (Å²) in [6.07, 6.45) is 0. The molecule has 6 heteroatoms. The van der Waals surface area contributed by atoms with Gasteiger partial charge in [0.25, 0.3) is 5.69 Å². The number of nitrogens with one attached hydrogen (secondary N) is 1. The van der Waals surface area contributed by atoms with Crippen LogP contribution in [0.4, 0.5) is 11.4 Å². The summed E-state index contributed by atoms with van der Waals surface area (Å²) in [5.74, 6) is 0.489. The van der Waals surface area contributed by atoms with Crippen molar-refractivity contribution in [2.45, 2.75) is 13.5 Å². The summed E-state index contributed by atoms with van der Waals surface area (Å²) in [5.41, 5.74) is 1.75. The van der Waals surface area contributed by atoms with Gasteiger partial charge < -0.3 is 10.1 Å². The molecule has 21 heavy (non-hydrogen) atoms. The number of nitro benzene ring substituents is 1. The van der Waals surface area contributed by atoms with Gasteiger partial charge in [0.1, 0.15) is 5.75 Å². The minimum Gasteiger partial charge on any atom is -0.494 e. The van der Waals surface area contributed by atoms with Gasteiger partial charge in [-0.3, -0.25) is 10.1 Å². The minimum absolute atomic E-state index is 0.0118. The van der Waals surface area contributed by atoms with Crippen LogP contribution in [0.25, 0.3) is 0 Å². The molecule has 0 saturated heterocycles. The zero-order valence-corrected chi connectivity index (χ0v) is 13.1. The summed E-state index contributed by atoms with van der Waals surface area (Å²) in [5, 5.41) is 14.1. The number of benzene rings is 2. The van der Waals surface area contributed by atoms with Crippen molar-refractivity contribution >= 4 is 27.3 Å². The SMILES string of the molecule is CCOc1cc(NCc2cccc(Br)c2)cc([N+](=O)[O-])c1. The van der Waals surface area contributed by atoms with Crippen molar-refractivity contribution in [2.75, 3.05) is 11.9 Å². The second kappa shape index (κ2) is 7.08.